The Morgan fingerprint density at radius 3 is 2.36 bits per heavy atom. The maximum absolute atomic E-state index is 12.5. The lowest BCUT2D eigenvalue weighted by Crippen LogP contribution is -2.13. The Morgan fingerprint density at radius 2 is 1.76 bits per heavy atom. The topological polar surface area (TPSA) is 52.8 Å². The molecule has 0 atom stereocenters. The fourth-order valence-corrected chi connectivity index (χ4v) is 3.88. The Bertz CT molecular complexity index is 988. The summed E-state index contributed by atoms with van der Waals surface area (Å²) in [4.78, 5) is 18.5. The van der Waals surface area contributed by atoms with Crippen molar-refractivity contribution in [3.63, 3.8) is 0 Å². The molecule has 0 saturated heterocycles. The lowest BCUT2D eigenvalue weighted by Gasteiger charge is -2.07. The number of nitrogens with zero attached hydrogens (tertiary/aromatic N) is 2. The summed E-state index contributed by atoms with van der Waals surface area (Å²) in [5.41, 5.74) is 1.51. The molecule has 0 saturated carbocycles. The molecule has 0 aliphatic carbocycles. The minimum atomic E-state index is -0.256. The number of rotatable bonds is 4. The number of thioether (sulfide) groups is 1. The van der Waals surface area contributed by atoms with Gasteiger partial charge >= 0.3 is 0 Å². The van der Waals surface area contributed by atoms with Crippen molar-refractivity contribution >= 4 is 39.2 Å². The van der Waals surface area contributed by atoms with Crippen molar-refractivity contribution in [3.05, 3.63) is 46.8 Å². The van der Waals surface area contributed by atoms with Crippen molar-refractivity contribution in [2.75, 3.05) is 20.5 Å². The molecule has 1 heterocycles. The van der Waals surface area contributed by atoms with Gasteiger partial charge < -0.3 is 14.0 Å². The first-order valence-electron chi connectivity index (χ1n) is 7.52. The lowest BCUT2D eigenvalue weighted by molar-refractivity contribution is 0.0998. The first-order valence-corrected chi connectivity index (χ1v) is 9.56. The van der Waals surface area contributed by atoms with Crippen LogP contribution in [0.25, 0.3) is 10.2 Å². The van der Waals surface area contributed by atoms with Crippen molar-refractivity contribution in [1.82, 2.24) is 4.57 Å². The summed E-state index contributed by atoms with van der Waals surface area (Å²) in [6.45, 7) is 0. The van der Waals surface area contributed by atoms with Crippen LogP contribution in [0.3, 0.4) is 0 Å². The van der Waals surface area contributed by atoms with E-state index in [1.165, 1.54) is 11.3 Å². The Kier molecular flexibility index (Phi) is 5.15. The Balaban J connectivity index is 2.06. The molecular weight excluding hydrogens is 356 g/mol. The normalized spacial score (nSPS) is 11.8. The summed E-state index contributed by atoms with van der Waals surface area (Å²) in [7, 11) is 5.08. The zero-order valence-electron chi connectivity index (χ0n) is 14.4. The average molecular weight is 374 g/mol. The number of thiazole rings is 1. The van der Waals surface area contributed by atoms with E-state index in [1.54, 1.807) is 38.1 Å². The number of hydrogen-bond donors (Lipinski definition) is 0. The predicted octanol–water partition coefficient (Wildman–Crippen LogP) is 3.72. The number of carbonyl (C=O) groups is 1. The molecule has 5 nitrogen and oxygen atoms in total. The third-order valence-electron chi connectivity index (χ3n) is 3.85. The zero-order valence-corrected chi connectivity index (χ0v) is 16.0. The second-order valence-corrected chi connectivity index (χ2v) is 7.15. The van der Waals surface area contributed by atoms with Gasteiger partial charge in [0.2, 0.25) is 0 Å². The predicted molar refractivity (Wildman–Crippen MR) is 102 cm³/mol. The number of amides is 1. The van der Waals surface area contributed by atoms with Gasteiger partial charge in [-0.15, -0.1) is 11.8 Å². The highest BCUT2D eigenvalue weighted by atomic mass is 32.2. The molecule has 130 valence electrons. The van der Waals surface area contributed by atoms with Crippen LogP contribution < -0.4 is 14.3 Å². The van der Waals surface area contributed by atoms with E-state index in [0.29, 0.717) is 21.9 Å². The summed E-state index contributed by atoms with van der Waals surface area (Å²) in [5.74, 6) is 1.05. The molecule has 0 aliphatic heterocycles. The molecule has 7 heteroatoms. The van der Waals surface area contributed by atoms with Gasteiger partial charge in [-0.3, -0.25) is 4.79 Å². The maximum atomic E-state index is 12.5. The van der Waals surface area contributed by atoms with Crippen LogP contribution in [0.5, 0.6) is 11.5 Å². The number of fused-ring (bicyclic) bond motifs is 1. The van der Waals surface area contributed by atoms with Crippen molar-refractivity contribution < 1.29 is 14.3 Å². The number of aromatic nitrogens is 1. The van der Waals surface area contributed by atoms with Crippen LogP contribution in [0.1, 0.15) is 10.4 Å². The molecule has 0 spiro atoms. The molecule has 0 fully saturated rings. The smallest absolute Gasteiger partial charge is 0.279 e. The Morgan fingerprint density at radius 1 is 1.12 bits per heavy atom. The van der Waals surface area contributed by atoms with Gasteiger partial charge in [0, 0.05) is 29.6 Å². The van der Waals surface area contributed by atoms with Crippen molar-refractivity contribution in [2.24, 2.45) is 12.0 Å². The highest BCUT2D eigenvalue weighted by Crippen LogP contribution is 2.33. The van der Waals surface area contributed by atoms with Gasteiger partial charge in [-0.2, -0.15) is 4.99 Å². The van der Waals surface area contributed by atoms with Gasteiger partial charge in [-0.05, 0) is 30.5 Å². The van der Waals surface area contributed by atoms with Gasteiger partial charge in [0.1, 0.15) is 0 Å². The Hall–Kier alpha value is -2.25. The molecular formula is C18H18N2O3S2. The SMILES string of the molecule is COc1cc2sc(=NC(=O)c3ccc(SC)cc3)n(C)c2cc1OC. The number of benzene rings is 2. The number of aryl methyl sites for hydroxylation is 1. The number of hydrogen-bond acceptors (Lipinski definition) is 5. The van der Waals surface area contributed by atoms with Gasteiger partial charge in [-0.25, -0.2) is 0 Å². The Labute approximate surface area is 153 Å². The molecule has 2 aromatic carbocycles. The molecule has 0 radical (unpaired) electrons. The molecule has 25 heavy (non-hydrogen) atoms. The van der Waals surface area contributed by atoms with E-state index >= 15 is 0 Å². The zero-order chi connectivity index (χ0) is 18.0. The number of carbonyl (C=O) groups excluding carboxylic acids is 1. The summed E-state index contributed by atoms with van der Waals surface area (Å²) >= 11 is 3.08. The van der Waals surface area contributed by atoms with Crippen LogP contribution in [0, 0.1) is 0 Å². The quantitative estimate of drug-likeness (QED) is 0.653. The molecule has 0 aliphatic rings. The molecule has 0 bridgehead atoms. The van der Waals surface area contributed by atoms with Gasteiger partial charge in [0.15, 0.2) is 16.3 Å². The largest absolute Gasteiger partial charge is 0.493 e. The fourth-order valence-electron chi connectivity index (χ4n) is 2.45. The summed E-state index contributed by atoms with van der Waals surface area (Å²) < 4.78 is 13.5. The van der Waals surface area contributed by atoms with Crippen LogP contribution >= 0.6 is 23.1 Å². The minimum absolute atomic E-state index is 0.256. The lowest BCUT2D eigenvalue weighted by atomic mass is 10.2. The second kappa shape index (κ2) is 7.33. The van der Waals surface area contributed by atoms with Crippen LogP contribution in [0.4, 0.5) is 0 Å². The van der Waals surface area contributed by atoms with Crippen LogP contribution in [-0.4, -0.2) is 30.9 Å². The molecule has 1 aromatic heterocycles. The van der Waals surface area contributed by atoms with Crippen LogP contribution in [-0.2, 0) is 7.05 Å². The van der Waals surface area contributed by atoms with E-state index in [0.717, 1.165) is 15.1 Å². The van der Waals surface area contributed by atoms with Crippen LogP contribution in [0.15, 0.2) is 46.3 Å². The van der Waals surface area contributed by atoms with Crippen molar-refractivity contribution in [2.45, 2.75) is 4.90 Å². The van der Waals surface area contributed by atoms with Gasteiger partial charge in [0.05, 0.1) is 24.4 Å². The van der Waals surface area contributed by atoms with Crippen LogP contribution in [0.2, 0.25) is 0 Å². The third-order valence-corrected chi connectivity index (χ3v) is 5.69. The highest BCUT2D eigenvalue weighted by molar-refractivity contribution is 7.98. The van der Waals surface area contributed by atoms with Crippen molar-refractivity contribution in [1.29, 1.82) is 0 Å². The second-order valence-electron chi connectivity index (χ2n) is 5.26. The monoisotopic (exact) mass is 374 g/mol. The van der Waals surface area contributed by atoms with Crippen molar-refractivity contribution in [3.8, 4) is 11.5 Å². The van der Waals surface area contributed by atoms with E-state index in [9.17, 15) is 4.79 Å². The standard InChI is InChI=1S/C18H18N2O3S2/c1-20-13-9-14(22-2)15(23-3)10-16(13)25-18(20)19-17(21)11-5-7-12(24-4)8-6-11/h5-10H,1-4H3. The molecule has 3 rings (SSSR count). The first-order chi connectivity index (χ1) is 12.1. The maximum Gasteiger partial charge on any atom is 0.279 e. The third kappa shape index (κ3) is 3.43. The fraction of sp³-hybridized carbons (Fsp3) is 0.222. The van der Waals surface area contributed by atoms with E-state index in [1.807, 2.05) is 42.1 Å². The number of ether oxygens (including phenoxy) is 2. The van der Waals surface area contributed by atoms with Gasteiger partial charge in [-0.1, -0.05) is 11.3 Å². The molecule has 1 amide bonds. The molecule has 0 N–H and O–H groups in total. The summed E-state index contributed by atoms with van der Waals surface area (Å²) in [6.07, 6.45) is 2.00. The van der Waals surface area contributed by atoms with E-state index in [-0.39, 0.29) is 5.91 Å². The summed E-state index contributed by atoms with van der Waals surface area (Å²) in [6, 6.07) is 11.2. The van der Waals surface area contributed by atoms with E-state index in [4.69, 9.17) is 9.47 Å². The molecule has 3 aromatic rings. The highest BCUT2D eigenvalue weighted by Gasteiger charge is 2.12. The van der Waals surface area contributed by atoms with E-state index < -0.39 is 0 Å². The van der Waals surface area contributed by atoms with E-state index in [2.05, 4.69) is 4.99 Å². The minimum Gasteiger partial charge on any atom is -0.493 e. The summed E-state index contributed by atoms with van der Waals surface area (Å²) in [5, 5.41) is 0. The average Bonchev–Trinajstić information content (AvgIpc) is 2.95. The molecule has 0 unspecified atom stereocenters. The first kappa shape index (κ1) is 17.6. The van der Waals surface area contributed by atoms with Gasteiger partial charge in [0.25, 0.3) is 5.91 Å². The number of methoxy groups -OCH3 is 2.